The number of morpholine rings is 1. The van der Waals surface area contributed by atoms with Gasteiger partial charge in [-0.3, -0.25) is 14.8 Å². The van der Waals surface area contributed by atoms with Crippen LogP contribution in [0.15, 0.2) is 48.8 Å². The first-order chi connectivity index (χ1) is 13.2. The number of methoxy groups -OCH3 is 1. The van der Waals surface area contributed by atoms with Crippen LogP contribution in [0.2, 0.25) is 0 Å². The Balaban J connectivity index is 1.30. The van der Waals surface area contributed by atoms with E-state index in [0.717, 1.165) is 64.5 Å². The predicted molar refractivity (Wildman–Crippen MR) is 106 cm³/mol. The van der Waals surface area contributed by atoms with Crippen molar-refractivity contribution in [3.63, 3.8) is 0 Å². The molecule has 0 amide bonds. The molecular weight excluding hydrogens is 338 g/mol. The number of aromatic nitrogens is 1. The molecule has 2 aromatic rings. The van der Waals surface area contributed by atoms with Crippen LogP contribution in [-0.2, 0) is 17.8 Å². The van der Waals surface area contributed by atoms with E-state index in [0.29, 0.717) is 0 Å². The number of hydrogen-bond acceptors (Lipinski definition) is 5. The zero-order valence-corrected chi connectivity index (χ0v) is 16.1. The third-order valence-electron chi connectivity index (χ3n) is 5.79. The van der Waals surface area contributed by atoms with Crippen LogP contribution in [-0.4, -0.2) is 60.3 Å². The smallest absolute Gasteiger partial charge is 0.118 e. The van der Waals surface area contributed by atoms with Crippen LogP contribution >= 0.6 is 0 Å². The van der Waals surface area contributed by atoms with Gasteiger partial charge in [-0.1, -0.05) is 18.2 Å². The van der Waals surface area contributed by atoms with E-state index in [1.54, 1.807) is 7.11 Å². The van der Waals surface area contributed by atoms with Gasteiger partial charge in [-0.25, -0.2) is 0 Å². The first kappa shape index (κ1) is 18.4. The summed E-state index contributed by atoms with van der Waals surface area (Å²) in [6, 6.07) is 12.6. The molecule has 1 aromatic carbocycles. The fourth-order valence-electron chi connectivity index (χ4n) is 4.22. The van der Waals surface area contributed by atoms with Gasteiger partial charge < -0.3 is 9.47 Å². The molecule has 0 aliphatic carbocycles. The summed E-state index contributed by atoms with van der Waals surface area (Å²) in [6.07, 6.45) is 6.02. The SMILES string of the molecule is COc1ccc(CN2CCC3(CC2)CN(Cc2cccnc2)CCO3)cc1. The van der Waals surface area contributed by atoms with Crippen LogP contribution in [0.5, 0.6) is 5.75 Å². The second-order valence-corrected chi connectivity index (χ2v) is 7.73. The number of ether oxygens (including phenoxy) is 2. The predicted octanol–water partition coefficient (Wildman–Crippen LogP) is 2.96. The molecule has 5 nitrogen and oxygen atoms in total. The van der Waals surface area contributed by atoms with Crippen molar-refractivity contribution >= 4 is 0 Å². The Kier molecular flexibility index (Phi) is 5.72. The van der Waals surface area contributed by atoms with Crippen LogP contribution in [0, 0.1) is 0 Å². The lowest BCUT2D eigenvalue weighted by Crippen LogP contribution is -2.56. The van der Waals surface area contributed by atoms with Gasteiger partial charge in [0.15, 0.2) is 0 Å². The summed E-state index contributed by atoms with van der Waals surface area (Å²) >= 11 is 0. The summed E-state index contributed by atoms with van der Waals surface area (Å²) in [5.41, 5.74) is 2.65. The van der Waals surface area contributed by atoms with Crippen LogP contribution in [0.25, 0.3) is 0 Å². The summed E-state index contributed by atoms with van der Waals surface area (Å²) < 4.78 is 11.6. The van der Waals surface area contributed by atoms with Crippen molar-refractivity contribution in [1.29, 1.82) is 0 Å². The molecule has 2 aliphatic heterocycles. The molecule has 3 heterocycles. The lowest BCUT2D eigenvalue weighted by Gasteiger charge is -2.47. The van der Waals surface area contributed by atoms with Crippen molar-refractivity contribution in [2.45, 2.75) is 31.5 Å². The van der Waals surface area contributed by atoms with Gasteiger partial charge in [0, 0.05) is 51.7 Å². The average molecular weight is 367 g/mol. The quantitative estimate of drug-likeness (QED) is 0.812. The topological polar surface area (TPSA) is 37.8 Å². The van der Waals surface area contributed by atoms with E-state index in [4.69, 9.17) is 9.47 Å². The van der Waals surface area contributed by atoms with Crippen molar-refractivity contribution in [2.24, 2.45) is 0 Å². The minimum atomic E-state index is 0.0247. The fraction of sp³-hybridized carbons (Fsp3) is 0.500. The Morgan fingerprint density at radius 2 is 1.78 bits per heavy atom. The zero-order chi connectivity index (χ0) is 18.5. The molecule has 2 fully saturated rings. The zero-order valence-electron chi connectivity index (χ0n) is 16.1. The molecule has 1 aromatic heterocycles. The molecule has 0 atom stereocenters. The van der Waals surface area contributed by atoms with Gasteiger partial charge in [0.2, 0.25) is 0 Å². The Hall–Kier alpha value is -1.95. The number of rotatable bonds is 5. The van der Waals surface area contributed by atoms with E-state index in [2.05, 4.69) is 33.0 Å². The standard InChI is InChI=1S/C22H29N3O2/c1-26-21-6-4-19(5-7-21)16-24-11-8-22(9-12-24)18-25(13-14-27-22)17-20-3-2-10-23-15-20/h2-7,10,15H,8-9,11-14,16-18H2,1H3. The van der Waals surface area contributed by atoms with Crippen molar-refractivity contribution in [2.75, 3.05) is 39.9 Å². The first-order valence-corrected chi connectivity index (χ1v) is 9.85. The molecule has 0 saturated carbocycles. The van der Waals surface area contributed by atoms with E-state index < -0.39 is 0 Å². The minimum absolute atomic E-state index is 0.0247. The average Bonchev–Trinajstić information content (AvgIpc) is 2.71. The van der Waals surface area contributed by atoms with Gasteiger partial charge in [-0.2, -0.15) is 0 Å². The Morgan fingerprint density at radius 1 is 1.00 bits per heavy atom. The number of hydrogen-bond donors (Lipinski definition) is 0. The van der Waals surface area contributed by atoms with E-state index in [-0.39, 0.29) is 5.60 Å². The second kappa shape index (κ2) is 8.38. The lowest BCUT2D eigenvalue weighted by atomic mass is 9.89. The fourth-order valence-corrected chi connectivity index (χ4v) is 4.22. The van der Waals surface area contributed by atoms with Crippen molar-refractivity contribution in [3.05, 3.63) is 59.9 Å². The van der Waals surface area contributed by atoms with Crippen molar-refractivity contribution in [3.8, 4) is 5.75 Å². The molecule has 0 unspecified atom stereocenters. The molecule has 5 heteroatoms. The summed E-state index contributed by atoms with van der Waals surface area (Å²) in [4.78, 5) is 9.31. The van der Waals surface area contributed by atoms with E-state index in [9.17, 15) is 0 Å². The summed E-state index contributed by atoms with van der Waals surface area (Å²) in [6.45, 7) is 7.01. The molecule has 0 N–H and O–H groups in total. The summed E-state index contributed by atoms with van der Waals surface area (Å²) in [7, 11) is 1.71. The summed E-state index contributed by atoms with van der Waals surface area (Å²) in [5.74, 6) is 0.917. The molecule has 2 saturated heterocycles. The molecular formula is C22H29N3O2. The molecule has 144 valence electrons. The number of nitrogens with zero attached hydrogens (tertiary/aromatic N) is 3. The third kappa shape index (κ3) is 4.67. The number of likely N-dealkylation sites (tertiary alicyclic amines) is 1. The van der Waals surface area contributed by atoms with Gasteiger partial charge in [-0.05, 0) is 42.2 Å². The van der Waals surface area contributed by atoms with Crippen LogP contribution in [0.3, 0.4) is 0 Å². The Morgan fingerprint density at radius 3 is 2.48 bits per heavy atom. The van der Waals surface area contributed by atoms with Crippen LogP contribution in [0.4, 0.5) is 0 Å². The summed E-state index contributed by atoms with van der Waals surface area (Å²) in [5, 5.41) is 0. The van der Waals surface area contributed by atoms with Gasteiger partial charge in [-0.15, -0.1) is 0 Å². The highest BCUT2D eigenvalue weighted by Gasteiger charge is 2.39. The molecule has 4 rings (SSSR count). The largest absolute Gasteiger partial charge is 0.497 e. The van der Waals surface area contributed by atoms with Crippen LogP contribution < -0.4 is 4.74 Å². The van der Waals surface area contributed by atoms with Gasteiger partial charge in [0.05, 0.1) is 19.3 Å². The van der Waals surface area contributed by atoms with Crippen LogP contribution in [0.1, 0.15) is 24.0 Å². The minimum Gasteiger partial charge on any atom is -0.497 e. The highest BCUT2D eigenvalue weighted by molar-refractivity contribution is 5.27. The normalized spacial score (nSPS) is 20.6. The highest BCUT2D eigenvalue weighted by Crippen LogP contribution is 2.31. The Bertz CT molecular complexity index is 712. The molecule has 0 radical (unpaired) electrons. The monoisotopic (exact) mass is 367 g/mol. The van der Waals surface area contributed by atoms with E-state index in [1.165, 1.54) is 11.1 Å². The second-order valence-electron chi connectivity index (χ2n) is 7.73. The van der Waals surface area contributed by atoms with Crippen molar-refractivity contribution in [1.82, 2.24) is 14.8 Å². The maximum Gasteiger partial charge on any atom is 0.118 e. The number of pyridine rings is 1. The maximum atomic E-state index is 6.30. The Labute approximate surface area is 161 Å². The number of benzene rings is 1. The first-order valence-electron chi connectivity index (χ1n) is 9.85. The van der Waals surface area contributed by atoms with Crippen molar-refractivity contribution < 1.29 is 9.47 Å². The molecule has 27 heavy (non-hydrogen) atoms. The highest BCUT2D eigenvalue weighted by atomic mass is 16.5. The number of piperidine rings is 1. The van der Waals surface area contributed by atoms with E-state index in [1.807, 2.05) is 30.6 Å². The van der Waals surface area contributed by atoms with E-state index >= 15 is 0 Å². The maximum absolute atomic E-state index is 6.30. The lowest BCUT2D eigenvalue weighted by molar-refractivity contribution is -0.138. The molecule has 2 aliphatic rings. The molecule has 0 bridgehead atoms. The van der Waals surface area contributed by atoms with Gasteiger partial charge >= 0.3 is 0 Å². The molecule has 1 spiro atoms. The van der Waals surface area contributed by atoms with Gasteiger partial charge in [0.25, 0.3) is 0 Å². The third-order valence-corrected chi connectivity index (χ3v) is 5.79. The van der Waals surface area contributed by atoms with Gasteiger partial charge in [0.1, 0.15) is 5.75 Å².